The Kier molecular flexibility index (Phi) is 3.62. The number of esters is 1. The first-order valence-corrected chi connectivity index (χ1v) is 4.75. The van der Waals surface area contributed by atoms with Crippen LogP contribution in [0.25, 0.3) is 0 Å². The van der Waals surface area contributed by atoms with E-state index < -0.39 is 18.7 Å². The lowest BCUT2D eigenvalue weighted by molar-refractivity contribution is -0.141. The molecule has 3 nitrogen and oxygen atoms in total. The fraction of sp³-hybridized carbons (Fsp3) is 0.500. The van der Waals surface area contributed by atoms with E-state index in [4.69, 9.17) is 0 Å². The highest BCUT2D eigenvalue weighted by atomic mass is 19.4. The summed E-state index contributed by atoms with van der Waals surface area (Å²) in [5, 5.41) is 0. The van der Waals surface area contributed by atoms with E-state index in [0.717, 1.165) is 4.57 Å². The third-order valence-corrected chi connectivity index (χ3v) is 2.02. The minimum absolute atomic E-state index is 0.0725. The number of halogens is 3. The second-order valence-corrected chi connectivity index (χ2v) is 3.28. The third-order valence-electron chi connectivity index (χ3n) is 2.02. The van der Waals surface area contributed by atoms with Gasteiger partial charge in [-0.15, -0.1) is 0 Å². The van der Waals surface area contributed by atoms with Gasteiger partial charge in [-0.1, -0.05) is 0 Å². The van der Waals surface area contributed by atoms with Crippen molar-refractivity contribution >= 4 is 5.97 Å². The zero-order valence-electron chi connectivity index (χ0n) is 8.97. The third kappa shape index (κ3) is 3.01. The van der Waals surface area contributed by atoms with Crippen molar-refractivity contribution in [1.82, 2.24) is 4.57 Å². The Balaban J connectivity index is 2.98. The zero-order chi connectivity index (χ0) is 12.3. The van der Waals surface area contributed by atoms with Gasteiger partial charge in [0.15, 0.2) is 0 Å². The molecule has 90 valence electrons. The van der Waals surface area contributed by atoms with Crippen molar-refractivity contribution in [3.05, 3.63) is 23.5 Å². The molecule has 1 aromatic rings. The predicted molar refractivity (Wildman–Crippen MR) is 51.2 cm³/mol. The molecule has 1 heterocycles. The van der Waals surface area contributed by atoms with E-state index in [2.05, 4.69) is 4.74 Å². The number of nitrogens with zero attached hydrogens (tertiary/aromatic N) is 1. The summed E-state index contributed by atoms with van der Waals surface area (Å²) in [5.74, 6) is -0.736. The van der Waals surface area contributed by atoms with Gasteiger partial charge in [-0.2, -0.15) is 13.2 Å². The van der Waals surface area contributed by atoms with Crippen LogP contribution in [0.5, 0.6) is 0 Å². The van der Waals surface area contributed by atoms with E-state index >= 15 is 0 Å². The number of aryl methyl sites for hydroxylation is 1. The highest BCUT2D eigenvalue weighted by molar-refractivity contribution is 5.87. The van der Waals surface area contributed by atoms with Gasteiger partial charge in [-0.05, 0) is 26.0 Å². The Morgan fingerprint density at radius 3 is 2.56 bits per heavy atom. The average molecular weight is 235 g/mol. The minimum Gasteiger partial charge on any atom is -0.461 e. The van der Waals surface area contributed by atoms with Crippen LogP contribution < -0.4 is 0 Å². The smallest absolute Gasteiger partial charge is 0.406 e. The highest BCUT2D eigenvalue weighted by Crippen LogP contribution is 2.21. The molecule has 0 fully saturated rings. The van der Waals surface area contributed by atoms with Crippen LogP contribution in [0.3, 0.4) is 0 Å². The molecule has 0 aromatic carbocycles. The summed E-state index contributed by atoms with van der Waals surface area (Å²) >= 11 is 0. The maximum absolute atomic E-state index is 12.3. The maximum Gasteiger partial charge on any atom is 0.406 e. The Morgan fingerprint density at radius 1 is 1.44 bits per heavy atom. The van der Waals surface area contributed by atoms with Crippen LogP contribution in [0.2, 0.25) is 0 Å². The lowest BCUT2D eigenvalue weighted by Gasteiger charge is -2.13. The Labute approximate surface area is 90.8 Å². The van der Waals surface area contributed by atoms with Gasteiger partial charge in [0, 0.05) is 5.69 Å². The van der Waals surface area contributed by atoms with Crippen molar-refractivity contribution in [2.75, 3.05) is 6.61 Å². The molecule has 0 saturated heterocycles. The van der Waals surface area contributed by atoms with Gasteiger partial charge < -0.3 is 9.30 Å². The molecule has 0 atom stereocenters. The van der Waals surface area contributed by atoms with Gasteiger partial charge in [0.25, 0.3) is 0 Å². The first-order chi connectivity index (χ1) is 7.35. The molecule has 0 aliphatic carbocycles. The molecule has 16 heavy (non-hydrogen) atoms. The first-order valence-electron chi connectivity index (χ1n) is 4.75. The molecule has 0 amide bonds. The SMILES string of the molecule is CCOC(=O)c1ccc(C)n1CC(F)(F)F. The Bertz CT molecular complexity index is 382. The lowest BCUT2D eigenvalue weighted by Crippen LogP contribution is -2.22. The molecular weight excluding hydrogens is 223 g/mol. The zero-order valence-corrected chi connectivity index (χ0v) is 8.97. The molecule has 0 spiro atoms. The Hall–Kier alpha value is -1.46. The molecular formula is C10H12F3NO2. The number of aromatic nitrogens is 1. The topological polar surface area (TPSA) is 31.2 Å². The maximum atomic E-state index is 12.3. The van der Waals surface area contributed by atoms with Crippen LogP contribution in [-0.2, 0) is 11.3 Å². The van der Waals surface area contributed by atoms with Gasteiger partial charge in [-0.3, -0.25) is 0 Å². The van der Waals surface area contributed by atoms with Crippen LogP contribution >= 0.6 is 0 Å². The van der Waals surface area contributed by atoms with Gasteiger partial charge in [0.2, 0.25) is 0 Å². The van der Waals surface area contributed by atoms with Crippen LogP contribution in [0, 0.1) is 6.92 Å². The number of carbonyl (C=O) groups is 1. The number of rotatable bonds is 3. The summed E-state index contributed by atoms with van der Waals surface area (Å²) in [7, 11) is 0. The summed E-state index contributed by atoms with van der Waals surface area (Å²) in [6.45, 7) is 2.06. The van der Waals surface area contributed by atoms with E-state index in [9.17, 15) is 18.0 Å². The molecule has 1 rings (SSSR count). The fourth-order valence-electron chi connectivity index (χ4n) is 1.34. The van der Waals surface area contributed by atoms with Crippen molar-refractivity contribution in [2.24, 2.45) is 0 Å². The second kappa shape index (κ2) is 4.59. The van der Waals surface area contributed by atoms with Gasteiger partial charge in [0.1, 0.15) is 12.2 Å². The number of hydrogen-bond donors (Lipinski definition) is 0. The highest BCUT2D eigenvalue weighted by Gasteiger charge is 2.30. The van der Waals surface area contributed by atoms with Crippen molar-refractivity contribution in [2.45, 2.75) is 26.6 Å². The van der Waals surface area contributed by atoms with Crippen LogP contribution in [-0.4, -0.2) is 23.3 Å². The summed E-state index contributed by atoms with van der Waals surface area (Å²) < 4.78 is 42.3. The summed E-state index contributed by atoms with van der Waals surface area (Å²) in [5.41, 5.74) is 0.303. The fourth-order valence-corrected chi connectivity index (χ4v) is 1.34. The predicted octanol–water partition coefficient (Wildman–Crippen LogP) is 2.54. The number of ether oxygens (including phenoxy) is 1. The summed E-state index contributed by atoms with van der Waals surface area (Å²) in [6.07, 6.45) is -4.36. The Morgan fingerprint density at radius 2 is 2.06 bits per heavy atom. The van der Waals surface area contributed by atoms with Gasteiger partial charge in [0.05, 0.1) is 6.61 Å². The second-order valence-electron chi connectivity index (χ2n) is 3.28. The van der Waals surface area contributed by atoms with E-state index in [1.54, 1.807) is 6.92 Å². The standard InChI is InChI=1S/C10H12F3NO2/c1-3-16-9(15)8-5-4-7(2)14(8)6-10(11,12)13/h4-5H,3,6H2,1-2H3. The summed E-state index contributed by atoms with van der Waals surface area (Å²) in [4.78, 5) is 11.4. The number of hydrogen-bond acceptors (Lipinski definition) is 2. The lowest BCUT2D eigenvalue weighted by atomic mass is 10.4. The van der Waals surface area contributed by atoms with Crippen molar-refractivity contribution < 1.29 is 22.7 Å². The van der Waals surface area contributed by atoms with Crippen LogP contribution in [0.15, 0.2) is 12.1 Å². The molecule has 0 aliphatic rings. The normalized spacial score (nSPS) is 11.6. The van der Waals surface area contributed by atoms with E-state index in [-0.39, 0.29) is 12.3 Å². The van der Waals surface area contributed by atoms with E-state index in [0.29, 0.717) is 5.69 Å². The molecule has 0 N–H and O–H groups in total. The number of carbonyl (C=O) groups excluding carboxylic acids is 1. The molecule has 0 aliphatic heterocycles. The summed E-state index contributed by atoms with van der Waals surface area (Å²) in [6, 6.07) is 2.79. The quantitative estimate of drug-likeness (QED) is 0.754. The van der Waals surface area contributed by atoms with Gasteiger partial charge in [-0.25, -0.2) is 4.79 Å². The molecule has 1 aromatic heterocycles. The van der Waals surface area contributed by atoms with Crippen molar-refractivity contribution in [3.8, 4) is 0 Å². The average Bonchev–Trinajstić information content (AvgIpc) is 2.46. The minimum atomic E-state index is -4.36. The first kappa shape index (κ1) is 12.6. The van der Waals surface area contributed by atoms with E-state index in [1.807, 2.05) is 0 Å². The largest absolute Gasteiger partial charge is 0.461 e. The number of alkyl halides is 3. The van der Waals surface area contributed by atoms with Crippen LogP contribution in [0.4, 0.5) is 13.2 Å². The molecule has 0 bridgehead atoms. The monoisotopic (exact) mass is 235 g/mol. The van der Waals surface area contributed by atoms with E-state index in [1.165, 1.54) is 19.1 Å². The van der Waals surface area contributed by atoms with Crippen molar-refractivity contribution in [1.29, 1.82) is 0 Å². The van der Waals surface area contributed by atoms with Gasteiger partial charge >= 0.3 is 12.1 Å². The van der Waals surface area contributed by atoms with Crippen LogP contribution in [0.1, 0.15) is 23.1 Å². The molecule has 0 radical (unpaired) electrons. The molecule has 0 saturated carbocycles. The molecule has 0 unspecified atom stereocenters. The molecule has 6 heteroatoms. The van der Waals surface area contributed by atoms with Crippen molar-refractivity contribution in [3.63, 3.8) is 0 Å².